The van der Waals surface area contributed by atoms with Crippen LogP contribution in [0, 0.1) is 12.7 Å². The molecular weight excluding hydrogens is 365 g/mol. The Morgan fingerprint density at radius 1 is 1.15 bits per heavy atom. The molecule has 1 N–H and O–H groups in total. The first-order chi connectivity index (χ1) is 13.0. The molecule has 2 heterocycles. The lowest BCUT2D eigenvalue weighted by Gasteiger charge is -2.11. The van der Waals surface area contributed by atoms with Gasteiger partial charge in [-0.15, -0.1) is 0 Å². The summed E-state index contributed by atoms with van der Waals surface area (Å²) in [6, 6.07) is 15.2. The number of rotatable bonds is 3. The van der Waals surface area contributed by atoms with Crippen LogP contribution in [0.3, 0.4) is 0 Å². The molecule has 0 saturated carbocycles. The van der Waals surface area contributed by atoms with E-state index < -0.39 is 0 Å². The van der Waals surface area contributed by atoms with Crippen LogP contribution < -0.4 is 5.32 Å². The number of hydrogen-bond donors (Lipinski definition) is 1. The van der Waals surface area contributed by atoms with Gasteiger partial charge in [0.2, 0.25) is 0 Å². The van der Waals surface area contributed by atoms with E-state index in [0.29, 0.717) is 16.4 Å². The molecule has 0 unspecified atom stereocenters. The molecule has 0 saturated heterocycles. The highest BCUT2D eigenvalue weighted by atomic mass is 35.5. The normalized spacial score (nSPS) is 10.9. The second kappa shape index (κ2) is 6.85. The van der Waals surface area contributed by atoms with Gasteiger partial charge >= 0.3 is 0 Å². The van der Waals surface area contributed by atoms with Crippen molar-refractivity contribution in [2.75, 3.05) is 5.32 Å². The highest BCUT2D eigenvalue weighted by molar-refractivity contribution is 6.29. The number of carbonyl (C=O) groups excluding carboxylic acids is 1. The largest absolute Gasteiger partial charge is 0.322 e. The van der Waals surface area contributed by atoms with Gasteiger partial charge in [0.1, 0.15) is 16.6 Å². The Morgan fingerprint density at radius 2 is 1.93 bits per heavy atom. The van der Waals surface area contributed by atoms with Crippen LogP contribution in [0.5, 0.6) is 0 Å². The quantitative estimate of drug-likeness (QED) is 0.521. The highest BCUT2D eigenvalue weighted by Gasteiger charge is 2.14. The van der Waals surface area contributed by atoms with E-state index in [9.17, 15) is 9.18 Å². The number of pyridine rings is 1. The van der Waals surface area contributed by atoms with Crippen molar-refractivity contribution < 1.29 is 9.18 Å². The molecule has 0 aliphatic rings. The second-order valence-electron chi connectivity index (χ2n) is 6.19. The fraction of sp³-hybridized carbons (Fsp3) is 0.0476. The summed E-state index contributed by atoms with van der Waals surface area (Å²) >= 11 is 6.15. The standard InChI is InChI=1S/C21H15ClFN3O/c1-13-4-5-14(17-3-2-10-26-19(22)12-24-20(17)26)11-18(13)21(27)25-16-8-6-15(23)7-9-16/h2-12H,1H3,(H,25,27). The maximum absolute atomic E-state index is 13.1. The van der Waals surface area contributed by atoms with Gasteiger partial charge in [0.15, 0.2) is 0 Å². The molecule has 2 aromatic heterocycles. The van der Waals surface area contributed by atoms with Crippen molar-refractivity contribution in [3.8, 4) is 11.1 Å². The Bertz CT molecular complexity index is 1150. The molecule has 0 fully saturated rings. The van der Waals surface area contributed by atoms with Crippen LogP contribution in [-0.4, -0.2) is 15.3 Å². The molecule has 1 amide bonds. The zero-order valence-corrected chi connectivity index (χ0v) is 15.2. The van der Waals surface area contributed by atoms with Gasteiger partial charge in [-0.1, -0.05) is 23.7 Å². The molecule has 0 aliphatic carbocycles. The molecule has 2 aromatic carbocycles. The summed E-state index contributed by atoms with van der Waals surface area (Å²) in [7, 11) is 0. The van der Waals surface area contributed by atoms with E-state index in [4.69, 9.17) is 11.6 Å². The maximum atomic E-state index is 13.1. The number of nitrogens with zero attached hydrogens (tertiary/aromatic N) is 2. The number of aryl methyl sites for hydroxylation is 1. The Hall–Kier alpha value is -3.18. The number of nitrogens with one attached hydrogen (secondary N) is 1. The molecule has 4 rings (SSSR count). The average Bonchev–Trinajstić information content (AvgIpc) is 3.05. The zero-order valence-electron chi connectivity index (χ0n) is 14.4. The average molecular weight is 380 g/mol. The van der Waals surface area contributed by atoms with Gasteiger partial charge in [-0.2, -0.15) is 0 Å². The van der Waals surface area contributed by atoms with E-state index in [-0.39, 0.29) is 11.7 Å². The lowest BCUT2D eigenvalue weighted by atomic mass is 10.00. The van der Waals surface area contributed by atoms with Gasteiger partial charge in [0.05, 0.1) is 6.20 Å². The Kier molecular flexibility index (Phi) is 4.38. The first-order valence-corrected chi connectivity index (χ1v) is 8.70. The van der Waals surface area contributed by atoms with Crippen LogP contribution in [0.4, 0.5) is 10.1 Å². The summed E-state index contributed by atoms with van der Waals surface area (Å²) in [5, 5.41) is 3.32. The van der Waals surface area contributed by atoms with E-state index in [1.165, 1.54) is 24.3 Å². The Balaban J connectivity index is 1.72. The summed E-state index contributed by atoms with van der Waals surface area (Å²) in [5.41, 5.74) is 4.37. The first-order valence-electron chi connectivity index (χ1n) is 8.32. The molecule has 0 radical (unpaired) electrons. The predicted molar refractivity (Wildman–Crippen MR) is 105 cm³/mol. The lowest BCUT2D eigenvalue weighted by molar-refractivity contribution is 0.102. The maximum Gasteiger partial charge on any atom is 0.255 e. The van der Waals surface area contributed by atoms with Gasteiger partial charge in [0, 0.05) is 23.0 Å². The number of hydrogen-bond acceptors (Lipinski definition) is 2. The number of halogens is 2. The number of carbonyl (C=O) groups is 1. The van der Waals surface area contributed by atoms with E-state index in [1.54, 1.807) is 10.6 Å². The fourth-order valence-electron chi connectivity index (χ4n) is 2.97. The summed E-state index contributed by atoms with van der Waals surface area (Å²) in [6.07, 6.45) is 3.43. The summed E-state index contributed by atoms with van der Waals surface area (Å²) < 4.78 is 14.8. The number of aromatic nitrogens is 2. The van der Waals surface area contributed by atoms with Gasteiger partial charge < -0.3 is 5.32 Å². The van der Waals surface area contributed by atoms with E-state index >= 15 is 0 Å². The molecule has 6 heteroatoms. The minimum Gasteiger partial charge on any atom is -0.322 e. The van der Waals surface area contributed by atoms with Crippen molar-refractivity contribution in [1.82, 2.24) is 9.38 Å². The summed E-state index contributed by atoms with van der Waals surface area (Å²) in [4.78, 5) is 17.1. The number of fused-ring (bicyclic) bond motifs is 1. The number of benzene rings is 2. The summed E-state index contributed by atoms with van der Waals surface area (Å²) in [5.74, 6) is -0.605. The topological polar surface area (TPSA) is 46.4 Å². The highest BCUT2D eigenvalue weighted by Crippen LogP contribution is 2.28. The van der Waals surface area contributed by atoms with Gasteiger partial charge in [0.25, 0.3) is 5.91 Å². The van der Waals surface area contributed by atoms with Crippen LogP contribution >= 0.6 is 11.6 Å². The molecule has 4 aromatic rings. The van der Waals surface area contributed by atoms with Crippen LogP contribution in [0.15, 0.2) is 67.0 Å². The van der Waals surface area contributed by atoms with Crippen molar-refractivity contribution in [3.63, 3.8) is 0 Å². The van der Waals surface area contributed by atoms with E-state index in [0.717, 1.165) is 22.3 Å². The molecule has 0 aliphatic heterocycles. The lowest BCUT2D eigenvalue weighted by Crippen LogP contribution is -2.13. The molecule has 0 spiro atoms. The Labute approximate surface area is 160 Å². The van der Waals surface area contributed by atoms with E-state index in [2.05, 4.69) is 10.3 Å². The van der Waals surface area contributed by atoms with Gasteiger partial charge in [-0.25, -0.2) is 9.37 Å². The molecule has 0 atom stereocenters. The molecular formula is C21H15ClFN3O. The van der Waals surface area contributed by atoms with Crippen molar-refractivity contribution >= 4 is 28.8 Å². The summed E-state index contributed by atoms with van der Waals surface area (Å²) in [6.45, 7) is 1.87. The molecule has 4 nitrogen and oxygen atoms in total. The molecule has 134 valence electrons. The smallest absolute Gasteiger partial charge is 0.255 e. The number of amides is 1. The minimum atomic E-state index is -0.349. The predicted octanol–water partition coefficient (Wildman–Crippen LogP) is 5.35. The third-order valence-corrected chi connectivity index (χ3v) is 4.67. The monoisotopic (exact) mass is 379 g/mol. The Morgan fingerprint density at radius 3 is 2.70 bits per heavy atom. The zero-order chi connectivity index (χ0) is 19.0. The van der Waals surface area contributed by atoms with Crippen LogP contribution in [-0.2, 0) is 0 Å². The SMILES string of the molecule is Cc1ccc(-c2cccn3c(Cl)cnc23)cc1C(=O)Nc1ccc(F)cc1. The first kappa shape index (κ1) is 17.2. The van der Waals surface area contributed by atoms with Crippen molar-refractivity contribution in [2.24, 2.45) is 0 Å². The van der Waals surface area contributed by atoms with E-state index in [1.807, 2.05) is 43.5 Å². The van der Waals surface area contributed by atoms with Crippen molar-refractivity contribution in [2.45, 2.75) is 6.92 Å². The second-order valence-corrected chi connectivity index (χ2v) is 6.57. The third-order valence-electron chi connectivity index (χ3n) is 4.39. The fourth-order valence-corrected chi connectivity index (χ4v) is 3.16. The molecule has 0 bridgehead atoms. The van der Waals surface area contributed by atoms with Crippen LogP contribution in [0.2, 0.25) is 5.15 Å². The van der Waals surface area contributed by atoms with Gasteiger partial charge in [-0.3, -0.25) is 9.20 Å². The van der Waals surface area contributed by atoms with Crippen LogP contribution in [0.25, 0.3) is 16.8 Å². The molecule has 27 heavy (non-hydrogen) atoms. The number of anilines is 1. The van der Waals surface area contributed by atoms with Gasteiger partial charge in [-0.05, 0) is 60.5 Å². The van der Waals surface area contributed by atoms with Crippen molar-refractivity contribution in [3.05, 3.63) is 89.1 Å². The van der Waals surface area contributed by atoms with Crippen molar-refractivity contribution in [1.29, 1.82) is 0 Å². The number of imidazole rings is 1. The van der Waals surface area contributed by atoms with Crippen LogP contribution in [0.1, 0.15) is 15.9 Å². The third kappa shape index (κ3) is 3.29. The minimum absolute atomic E-state index is 0.255.